The molecule has 29 heavy (non-hydrogen) atoms. The second-order valence-electron chi connectivity index (χ2n) is 9.44. The number of piperidine rings is 2. The molecule has 2 amide bonds. The van der Waals surface area contributed by atoms with E-state index in [4.69, 9.17) is 0 Å². The lowest BCUT2D eigenvalue weighted by Gasteiger charge is -2.50. The molecule has 2 atom stereocenters. The first-order valence-corrected chi connectivity index (χ1v) is 11.2. The molecule has 0 aromatic carbocycles. The van der Waals surface area contributed by atoms with Crippen LogP contribution in [-0.2, 0) is 6.54 Å². The smallest absolute Gasteiger partial charge is 0.319 e. The molecule has 7 nitrogen and oxygen atoms in total. The first-order valence-electron chi connectivity index (χ1n) is 11.2. The van der Waals surface area contributed by atoms with E-state index in [0.29, 0.717) is 25.4 Å². The Morgan fingerprint density at radius 2 is 1.83 bits per heavy atom. The third-order valence-corrected chi connectivity index (χ3v) is 7.11. The molecule has 0 unspecified atom stereocenters. The van der Waals surface area contributed by atoms with E-state index in [2.05, 4.69) is 14.9 Å². The van der Waals surface area contributed by atoms with Crippen LogP contribution in [0.15, 0.2) is 12.4 Å². The number of aliphatic hydroxyl groups is 1. The van der Waals surface area contributed by atoms with Gasteiger partial charge in [-0.25, -0.2) is 14.8 Å². The summed E-state index contributed by atoms with van der Waals surface area (Å²) in [6.07, 6.45) is 11.8. The van der Waals surface area contributed by atoms with Gasteiger partial charge in [0.2, 0.25) is 0 Å². The Hall–Kier alpha value is -1.73. The van der Waals surface area contributed by atoms with Crippen molar-refractivity contribution >= 4 is 6.03 Å². The highest BCUT2D eigenvalue weighted by Crippen LogP contribution is 2.36. The molecule has 1 aromatic heterocycles. The molecule has 4 rings (SSSR count). The first-order chi connectivity index (χ1) is 13.9. The highest BCUT2D eigenvalue weighted by molar-refractivity contribution is 5.74. The number of aromatic nitrogens is 2. The number of fused-ring (bicyclic) bond motifs is 1. The van der Waals surface area contributed by atoms with E-state index in [1.165, 1.54) is 32.1 Å². The summed E-state index contributed by atoms with van der Waals surface area (Å²) in [5.41, 5.74) is 0.494. The maximum atomic E-state index is 12.4. The lowest BCUT2D eigenvalue weighted by atomic mass is 9.75. The molecule has 0 radical (unpaired) electrons. The lowest BCUT2D eigenvalue weighted by molar-refractivity contribution is -0.108. The van der Waals surface area contributed by atoms with Crippen molar-refractivity contribution in [1.82, 2.24) is 24.7 Å². The lowest BCUT2D eigenvalue weighted by Crippen LogP contribution is -2.61. The van der Waals surface area contributed by atoms with Gasteiger partial charge in [0, 0.05) is 76.6 Å². The summed E-state index contributed by atoms with van der Waals surface area (Å²) >= 11 is 0. The summed E-state index contributed by atoms with van der Waals surface area (Å²) in [7, 11) is 3.57. The van der Waals surface area contributed by atoms with Crippen LogP contribution in [0.4, 0.5) is 4.79 Å². The van der Waals surface area contributed by atoms with Crippen molar-refractivity contribution in [2.24, 2.45) is 5.92 Å². The molecule has 1 aliphatic carbocycles. The third-order valence-electron chi connectivity index (χ3n) is 7.11. The Bertz CT molecular complexity index is 704. The van der Waals surface area contributed by atoms with E-state index < -0.39 is 5.60 Å². The molecule has 3 heterocycles. The van der Waals surface area contributed by atoms with Gasteiger partial charge in [-0.2, -0.15) is 0 Å². The first kappa shape index (κ1) is 20.5. The molecule has 160 valence electrons. The van der Waals surface area contributed by atoms with Crippen molar-refractivity contribution in [3.05, 3.63) is 23.8 Å². The minimum atomic E-state index is -0.638. The fourth-order valence-corrected chi connectivity index (χ4v) is 5.25. The van der Waals surface area contributed by atoms with Crippen LogP contribution in [0.3, 0.4) is 0 Å². The van der Waals surface area contributed by atoms with Gasteiger partial charge in [-0.15, -0.1) is 0 Å². The monoisotopic (exact) mass is 401 g/mol. The molecular formula is C22H35N5O2. The largest absolute Gasteiger partial charge is 0.389 e. The van der Waals surface area contributed by atoms with Crippen molar-refractivity contribution in [3.63, 3.8) is 0 Å². The number of carbonyl (C=O) groups is 1. The number of hydrogen-bond donors (Lipinski definition) is 1. The Balaban J connectivity index is 1.36. The van der Waals surface area contributed by atoms with Crippen molar-refractivity contribution in [1.29, 1.82) is 0 Å². The van der Waals surface area contributed by atoms with Crippen molar-refractivity contribution in [2.45, 2.75) is 63.0 Å². The van der Waals surface area contributed by atoms with E-state index in [0.717, 1.165) is 37.4 Å². The summed E-state index contributed by atoms with van der Waals surface area (Å²) in [5.74, 6) is 1.63. The van der Waals surface area contributed by atoms with Gasteiger partial charge in [0.05, 0.1) is 5.60 Å². The van der Waals surface area contributed by atoms with Gasteiger partial charge >= 0.3 is 6.03 Å². The molecule has 0 spiro atoms. The van der Waals surface area contributed by atoms with E-state index in [1.807, 2.05) is 17.3 Å². The molecular weight excluding hydrogens is 366 g/mol. The second-order valence-corrected chi connectivity index (χ2v) is 9.44. The number of hydrogen-bond acceptors (Lipinski definition) is 5. The minimum Gasteiger partial charge on any atom is -0.389 e. The van der Waals surface area contributed by atoms with Crippen LogP contribution >= 0.6 is 0 Å². The molecule has 7 heteroatoms. The summed E-state index contributed by atoms with van der Waals surface area (Å²) in [6.45, 7) is 3.75. The topological polar surface area (TPSA) is 72.8 Å². The van der Waals surface area contributed by atoms with Crippen LogP contribution in [0.1, 0.15) is 62.3 Å². The summed E-state index contributed by atoms with van der Waals surface area (Å²) < 4.78 is 0. The zero-order valence-corrected chi connectivity index (χ0v) is 17.9. The van der Waals surface area contributed by atoms with E-state index in [9.17, 15) is 9.90 Å². The zero-order chi connectivity index (χ0) is 20.4. The number of carbonyl (C=O) groups excluding carboxylic acids is 1. The van der Waals surface area contributed by atoms with E-state index in [-0.39, 0.29) is 11.9 Å². The van der Waals surface area contributed by atoms with Crippen LogP contribution in [-0.4, -0.2) is 81.7 Å². The average Bonchev–Trinajstić information content (AvgIpc) is 2.74. The normalized spacial score (nSPS) is 28.8. The highest BCUT2D eigenvalue weighted by Gasteiger charge is 2.46. The van der Waals surface area contributed by atoms with Gasteiger partial charge in [-0.1, -0.05) is 19.3 Å². The number of amides is 2. The Kier molecular flexibility index (Phi) is 6.06. The predicted octanol–water partition coefficient (Wildman–Crippen LogP) is 2.46. The maximum absolute atomic E-state index is 12.4. The van der Waals surface area contributed by atoms with E-state index >= 15 is 0 Å². The molecule has 3 fully saturated rings. The van der Waals surface area contributed by atoms with Gasteiger partial charge in [0.1, 0.15) is 5.82 Å². The standard InChI is InChI=1S/C22H35N5O2/c1-25(2)21(28)27-11-9-22(29)8-10-26(15-19(22)16-27)14-17-12-23-20(24-13-17)18-6-4-3-5-7-18/h12-13,18-19,29H,3-11,14-16H2,1-2H3/t19-,22-/m1/s1. The van der Waals surface area contributed by atoms with E-state index in [1.54, 1.807) is 19.0 Å². The SMILES string of the molecule is CN(C)C(=O)N1CC[C@]2(O)CCN(Cc3cnc(C4CCCCC4)nc3)C[C@@H]2C1. The number of likely N-dealkylation sites (tertiary alicyclic amines) is 2. The van der Waals surface area contributed by atoms with Crippen LogP contribution in [0.5, 0.6) is 0 Å². The summed E-state index contributed by atoms with van der Waals surface area (Å²) in [6, 6.07) is 0.0378. The maximum Gasteiger partial charge on any atom is 0.319 e. The fourth-order valence-electron chi connectivity index (χ4n) is 5.25. The van der Waals surface area contributed by atoms with Gasteiger partial charge in [0.25, 0.3) is 0 Å². The predicted molar refractivity (Wildman–Crippen MR) is 111 cm³/mol. The Labute approximate surface area is 174 Å². The molecule has 3 aliphatic rings. The number of nitrogens with zero attached hydrogens (tertiary/aromatic N) is 5. The molecule has 1 N–H and O–H groups in total. The summed E-state index contributed by atoms with van der Waals surface area (Å²) in [5, 5.41) is 11.1. The Morgan fingerprint density at radius 1 is 1.14 bits per heavy atom. The quantitative estimate of drug-likeness (QED) is 0.842. The van der Waals surface area contributed by atoms with Crippen molar-refractivity contribution < 1.29 is 9.90 Å². The van der Waals surface area contributed by atoms with Crippen LogP contribution in [0.25, 0.3) is 0 Å². The highest BCUT2D eigenvalue weighted by atomic mass is 16.3. The van der Waals surface area contributed by atoms with Crippen molar-refractivity contribution in [2.75, 3.05) is 40.3 Å². The van der Waals surface area contributed by atoms with Gasteiger partial charge in [0.15, 0.2) is 0 Å². The minimum absolute atomic E-state index is 0.0378. The van der Waals surface area contributed by atoms with Crippen LogP contribution in [0, 0.1) is 5.92 Å². The molecule has 0 bridgehead atoms. The van der Waals surface area contributed by atoms with Gasteiger partial charge in [-0.05, 0) is 25.7 Å². The number of rotatable bonds is 3. The zero-order valence-electron chi connectivity index (χ0n) is 17.9. The number of urea groups is 1. The van der Waals surface area contributed by atoms with Gasteiger partial charge < -0.3 is 14.9 Å². The van der Waals surface area contributed by atoms with Crippen LogP contribution < -0.4 is 0 Å². The Morgan fingerprint density at radius 3 is 2.52 bits per heavy atom. The van der Waals surface area contributed by atoms with Gasteiger partial charge in [-0.3, -0.25) is 4.90 Å². The molecule has 1 aromatic rings. The molecule has 2 saturated heterocycles. The summed E-state index contributed by atoms with van der Waals surface area (Å²) in [4.78, 5) is 27.6. The molecule has 1 saturated carbocycles. The fraction of sp³-hybridized carbons (Fsp3) is 0.773. The van der Waals surface area contributed by atoms with Crippen LogP contribution in [0.2, 0.25) is 0 Å². The third kappa shape index (κ3) is 4.56. The van der Waals surface area contributed by atoms with Crippen molar-refractivity contribution in [3.8, 4) is 0 Å². The molecule has 2 aliphatic heterocycles. The second kappa shape index (κ2) is 8.56. The average molecular weight is 402 g/mol.